The Labute approximate surface area is 258 Å². The van der Waals surface area contributed by atoms with Gasteiger partial charge in [0.15, 0.2) is 0 Å². The van der Waals surface area contributed by atoms with Crippen molar-refractivity contribution in [2.75, 3.05) is 6.61 Å². The molecule has 1 unspecified atom stereocenters. The number of carboxylic acids is 1. The second-order valence-corrected chi connectivity index (χ2v) is 12.8. The van der Waals surface area contributed by atoms with Gasteiger partial charge in [-0.25, -0.2) is 4.79 Å². The number of carbonyl (C=O) groups excluding carboxylic acids is 1. The second-order valence-electron chi connectivity index (χ2n) is 11.8. The fourth-order valence-corrected chi connectivity index (χ4v) is 5.48. The number of aromatic nitrogens is 2. The van der Waals surface area contributed by atoms with Crippen LogP contribution in [0.25, 0.3) is 21.1 Å². The molecule has 226 valence electrons. The van der Waals surface area contributed by atoms with Gasteiger partial charge in [0.2, 0.25) is 0 Å². The van der Waals surface area contributed by atoms with Gasteiger partial charge in [0.05, 0.1) is 6.61 Å². The molecule has 0 bridgehead atoms. The average Bonchev–Trinajstić information content (AvgIpc) is 3.49. The van der Waals surface area contributed by atoms with E-state index in [-0.39, 0.29) is 11.8 Å². The number of amides is 1. The van der Waals surface area contributed by atoms with Gasteiger partial charge in [0, 0.05) is 23.1 Å². The lowest BCUT2D eigenvalue weighted by Crippen LogP contribution is -2.42. The number of nitrogens with one attached hydrogen (secondary N) is 1. The van der Waals surface area contributed by atoms with Crippen LogP contribution >= 0.6 is 11.3 Å². The predicted molar refractivity (Wildman–Crippen MR) is 173 cm³/mol. The second kappa shape index (κ2) is 14.9. The Bertz CT molecular complexity index is 1470. The summed E-state index contributed by atoms with van der Waals surface area (Å²) < 4.78 is 5.87. The highest BCUT2D eigenvalue weighted by Crippen LogP contribution is 2.31. The molecule has 1 amide bonds. The number of hydrogen-bond donors (Lipinski definition) is 2. The van der Waals surface area contributed by atoms with Crippen molar-refractivity contribution >= 4 is 23.2 Å². The highest BCUT2D eigenvalue weighted by molar-refractivity contribution is 7.17. The molecule has 0 aliphatic heterocycles. The quantitative estimate of drug-likeness (QED) is 0.143. The van der Waals surface area contributed by atoms with Crippen molar-refractivity contribution in [2.24, 2.45) is 0 Å². The fourth-order valence-electron chi connectivity index (χ4n) is 4.63. The number of nitrogens with zero attached hydrogens (tertiary/aromatic N) is 2. The van der Waals surface area contributed by atoms with Crippen LogP contribution in [0, 0.1) is 0 Å². The number of hydrogen-bond acceptors (Lipinski definition) is 6. The Morgan fingerprint density at radius 2 is 1.42 bits per heavy atom. The number of ether oxygens (including phenoxy) is 1. The summed E-state index contributed by atoms with van der Waals surface area (Å²) in [7, 11) is 0. The normalized spacial score (nSPS) is 12.1. The topological polar surface area (TPSA) is 101 Å². The largest absolute Gasteiger partial charge is 0.494 e. The zero-order valence-corrected chi connectivity index (χ0v) is 26.2. The van der Waals surface area contributed by atoms with Crippen molar-refractivity contribution in [3.05, 3.63) is 89.5 Å². The van der Waals surface area contributed by atoms with Crippen molar-refractivity contribution in [1.29, 1.82) is 0 Å². The first kappa shape index (κ1) is 31.9. The van der Waals surface area contributed by atoms with E-state index in [2.05, 4.69) is 43.2 Å². The summed E-state index contributed by atoms with van der Waals surface area (Å²) in [5.74, 6) is -0.636. The number of carboxylic acid groups (broad SMARTS) is 1. The number of carbonyl (C=O) groups is 2. The van der Waals surface area contributed by atoms with E-state index in [0.29, 0.717) is 5.56 Å². The lowest BCUT2D eigenvalue weighted by atomic mass is 9.86. The van der Waals surface area contributed by atoms with Crippen molar-refractivity contribution < 1.29 is 19.4 Å². The smallest absolute Gasteiger partial charge is 0.326 e. The summed E-state index contributed by atoms with van der Waals surface area (Å²) in [4.78, 5) is 24.7. The van der Waals surface area contributed by atoms with Crippen molar-refractivity contribution in [3.8, 4) is 26.9 Å². The van der Waals surface area contributed by atoms with Crippen LogP contribution in [-0.2, 0) is 16.6 Å². The lowest BCUT2D eigenvalue weighted by Gasteiger charge is -2.19. The number of rotatable bonds is 14. The Kier molecular flexibility index (Phi) is 11.1. The Morgan fingerprint density at radius 1 is 0.837 bits per heavy atom. The van der Waals surface area contributed by atoms with Crippen LogP contribution in [0.5, 0.6) is 5.75 Å². The molecule has 1 heterocycles. The number of aliphatic carboxylic acids is 1. The summed E-state index contributed by atoms with van der Waals surface area (Å²) >= 11 is 1.49. The van der Waals surface area contributed by atoms with E-state index < -0.39 is 17.9 Å². The zero-order chi connectivity index (χ0) is 30.8. The van der Waals surface area contributed by atoms with E-state index in [9.17, 15) is 14.7 Å². The molecule has 43 heavy (non-hydrogen) atoms. The van der Waals surface area contributed by atoms with E-state index in [1.54, 1.807) is 12.1 Å². The van der Waals surface area contributed by atoms with Gasteiger partial charge in [0.1, 0.15) is 21.8 Å². The number of benzene rings is 3. The Morgan fingerprint density at radius 3 is 1.98 bits per heavy atom. The molecule has 7 nitrogen and oxygen atoms in total. The fraction of sp³-hybridized carbons (Fsp3) is 0.371. The number of unbranched alkanes of at least 4 members (excludes halogenated alkanes) is 4. The molecule has 0 spiro atoms. The van der Waals surface area contributed by atoms with E-state index in [4.69, 9.17) is 4.74 Å². The first-order valence-electron chi connectivity index (χ1n) is 14.9. The van der Waals surface area contributed by atoms with Crippen LogP contribution in [0.1, 0.15) is 81.3 Å². The third kappa shape index (κ3) is 9.22. The van der Waals surface area contributed by atoms with Crippen LogP contribution < -0.4 is 10.1 Å². The summed E-state index contributed by atoms with van der Waals surface area (Å²) in [5.41, 5.74) is 4.17. The van der Waals surface area contributed by atoms with Crippen LogP contribution in [0.4, 0.5) is 0 Å². The lowest BCUT2D eigenvalue weighted by molar-refractivity contribution is -0.139. The molecule has 2 N–H and O–H groups in total. The van der Waals surface area contributed by atoms with Gasteiger partial charge >= 0.3 is 5.97 Å². The standard InChI is InChI=1S/C35H41N3O4S/c1-5-6-7-8-9-22-42-29-20-16-27(17-21-29)33-38-37-32(43-33)26-12-10-24(11-13-26)23-30(34(40)41)36-31(39)25-14-18-28(19-15-25)35(2,3)4/h10-21,30H,5-9,22-23H2,1-4H3,(H,36,39)(H,40,41). The average molecular weight is 600 g/mol. The first-order chi connectivity index (χ1) is 20.6. The molecule has 4 aromatic rings. The molecule has 4 rings (SSSR count). The molecule has 0 radical (unpaired) electrons. The maximum Gasteiger partial charge on any atom is 0.326 e. The van der Waals surface area contributed by atoms with Crippen molar-refractivity contribution in [2.45, 2.75) is 77.7 Å². The summed E-state index contributed by atoms with van der Waals surface area (Å²) in [6.45, 7) is 9.25. The minimum atomic E-state index is -1.08. The molecule has 1 aromatic heterocycles. The zero-order valence-electron chi connectivity index (χ0n) is 25.4. The molecule has 0 aliphatic rings. The molecule has 8 heteroatoms. The maximum absolute atomic E-state index is 12.8. The van der Waals surface area contributed by atoms with Gasteiger partial charge in [-0.15, -0.1) is 10.2 Å². The van der Waals surface area contributed by atoms with Crippen LogP contribution in [0.15, 0.2) is 72.8 Å². The van der Waals surface area contributed by atoms with E-state index in [1.165, 1.54) is 37.0 Å². The Balaban J connectivity index is 1.33. The van der Waals surface area contributed by atoms with Crippen LogP contribution in [0.2, 0.25) is 0 Å². The van der Waals surface area contributed by atoms with Crippen LogP contribution in [0.3, 0.4) is 0 Å². The molecule has 0 saturated carbocycles. The van der Waals surface area contributed by atoms with Gasteiger partial charge < -0.3 is 15.2 Å². The minimum Gasteiger partial charge on any atom is -0.494 e. The van der Waals surface area contributed by atoms with Crippen molar-refractivity contribution in [3.63, 3.8) is 0 Å². The molecular formula is C35H41N3O4S. The van der Waals surface area contributed by atoms with Gasteiger partial charge in [-0.2, -0.15) is 0 Å². The van der Waals surface area contributed by atoms with Gasteiger partial charge in [-0.3, -0.25) is 4.79 Å². The molecule has 1 atom stereocenters. The molecule has 0 aliphatic carbocycles. The summed E-state index contributed by atoms with van der Waals surface area (Å²) in [5, 5.41) is 22.8. The van der Waals surface area contributed by atoms with E-state index in [0.717, 1.165) is 51.0 Å². The van der Waals surface area contributed by atoms with Gasteiger partial charge in [0.25, 0.3) is 5.91 Å². The van der Waals surface area contributed by atoms with Gasteiger partial charge in [-0.1, -0.05) is 101 Å². The molecule has 0 fully saturated rings. The molecule has 0 saturated heterocycles. The molecule has 3 aromatic carbocycles. The summed E-state index contributed by atoms with van der Waals surface area (Å²) in [6, 6.07) is 21.7. The molecular weight excluding hydrogens is 558 g/mol. The highest BCUT2D eigenvalue weighted by Gasteiger charge is 2.22. The minimum absolute atomic E-state index is 0.0330. The third-order valence-corrected chi connectivity index (χ3v) is 8.32. The SMILES string of the molecule is CCCCCCCOc1ccc(-c2nnc(-c3ccc(CC(NC(=O)c4ccc(C(C)(C)C)cc4)C(=O)O)cc3)s2)cc1. The van der Waals surface area contributed by atoms with E-state index in [1.807, 2.05) is 60.7 Å². The predicted octanol–water partition coefficient (Wildman–Crippen LogP) is 7.94. The Hall–Kier alpha value is -4.04. The monoisotopic (exact) mass is 599 g/mol. The van der Waals surface area contributed by atoms with Gasteiger partial charge in [-0.05, 0) is 59.4 Å². The first-order valence-corrected chi connectivity index (χ1v) is 15.8. The van der Waals surface area contributed by atoms with E-state index >= 15 is 0 Å². The highest BCUT2D eigenvalue weighted by atomic mass is 32.1. The third-order valence-electron chi connectivity index (χ3n) is 7.30. The maximum atomic E-state index is 12.8. The van der Waals surface area contributed by atoms with Crippen molar-refractivity contribution in [1.82, 2.24) is 15.5 Å². The van der Waals surface area contributed by atoms with Crippen LogP contribution in [-0.4, -0.2) is 39.8 Å². The summed E-state index contributed by atoms with van der Waals surface area (Å²) in [6.07, 6.45) is 6.21.